The third-order valence-electron chi connectivity index (χ3n) is 6.38. The van der Waals surface area contributed by atoms with Gasteiger partial charge >= 0.3 is 0 Å². The smallest absolute Gasteiger partial charge is 0.0829 e. The molecule has 1 N–H and O–H groups in total. The number of benzene rings is 1. The van der Waals surface area contributed by atoms with Crippen molar-refractivity contribution in [3.63, 3.8) is 0 Å². The van der Waals surface area contributed by atoms with E-state index in [2.05, 4.69) is 44.6 Å². The quantitative estimate of drug-likeness (QED) is 0.695. The van der Waals surface area contributed by atoms with Gasteiger partial charge in [0, 0.05) is 69.9 Å². The third kappa shape index (κ3) is 3.39. The highest BCUT2D eigenvalue weighted by molar-refractivity contribution is 6.33. The van der Waals surface area contributed by atoms with Gasteiger partial charge in [-0.25, -0.2) is 0 Å². The Bertz CT molecular complexity index is 1110. The Kier molecular flexibility index (Phi) is 4.43. The van der Waals surface area contributed by atoms with E-state index in [1.54, 1.807) is 10.9 Å². The summed E-state index contributed by atoms with van der Waals surface area (Å²) in [6.07, 6.45) is 9.05. The van der Waals surface area contributed by atoms with E-state index in [1.165, 1.54) is 0 Å². The molecule has 0 amide bonds. The number of halogens is 1. The van der Waals surface area contributed by atoms with Crippen molar-refractivity contribution in [3.05, 3.63) is 54.1 Å². The number of aryl methyl sites for hydroxylation is 1. The zero-order valence-corrected chi connectivity index (χ0v) is 18.0. The second-order valence-corrected chi connectivity index (χ2v) is 8.55. The van der Waals surface area contributed by atoms with Gasteiger partial charge in [0.25, 0.3) is 0 Å². The van der Waals surface area contributed by atoms with Crippen LogP contribution in [0.3, 0.4) is 0 Å². The second-order valence-electron chi connectivity index (χ2n) is 8.14. The summed E-state index contributed by atoms with van der Waals surface area (Å²) in [5, 5.41) is 7.94. The lowest BCUT2D eigenvalue weighted by Crippen LogP contribution is -2.52. The van der Waals surface area contributed by atoms with Crippen molar-refractivity contribution in [1.82, 2.24) is 25.0 Å². The molecule has 6 nitrogen and oxygen atoms in total. The zero-order valence-electron chi connectivity index (χ0n) is 19.2. The minimum absolute atomic E-state index is 0.312. The van der Waals surface area contributed by atoms with Crippen molar-refractivity contribution in [2.24, 2.45) is 7.05 Å². The maximum absolute atomic E-state index is 8.48. The molecule has 2 fully saturated rings. The van der Waals surface area contributed by atoms with Gasteiger partial charge in [-0.1, -0.05) is 35.9 Å². The van der Waals surface area contributed by atoms with Crippen molar-refractivity contribution in [2.75, 3.05) is 38.2 Å². The third-order valence-corrected chi connectivity index (χ3v) is 6.65. The molecule has 3 aromatic rings. The lowest BCUT2D eigenvalue weighted by Gasteiger charge is -2.44. The van der Waals surface area contributed by atoms with E-state index in [0.29, 0.717) is 5.02 Å². The minimum Gasteiger partial charge on any atom is -0.370 e. The Morgan fingerprint density at radius 3 is 2.40 bits per heavy atom. The molecule has 1 spiro atoms. The van der Waals surface area contributed by atoms with Crippen molar-refractivity contribution in [2.45, 2.75) is 18.4 Å². The van der Waals surface area contributed by atoms with E-state index in [4.69, 9.17) is 14.3 Å². The minimum atomic E-state index is -0.526. The first-order chi connectivity index (χ1) is 15.4. The Hall–Kier alpha value is -2.41. The number of pyridine rings is 1. The van der Waals surface area contributed by atoms with Crippen LogP contribution in [0.25, 0.3) is 22.3 Å². The number of rotatable bonds is 3. The summed E-state index contributed by atoms with van der Waals surface area (Å²) in [4.78, 5) is 8.67. The molecular weight excluding hydrogens is 396 g/mol. The van der Waals surface area contributed by atoms with E-state index in [0.717, 1.165) is 53.9 Å². The van der Waals surface area contributed by atoms with Crippen LogP contribution in [-0.2, 0) is 7.05 Å². The maximum atomic E-state index is 8.48. The molecular formula is C23H27ClN6. The molecule has 1 aromatic carbocycles. The number of likely N-dealkylation sites (N-methyl/N-ethyl adjacent to an activating group) is 1. The summed E-state index contributed by atoms with van der Waals surface area (Å²) in [6.45, 7) is 0.573. The molecule has 156 valence electrons. The summed E-state index contributed by atoms with van der Waals surface area (Å²) in [5.41, 5.74) is 4.94. The van der Waals surface area contributed by atoms with E-state index in [-0.39, 0.29) is 5.54 Å². The van der Waals surface area contributed by atoms with Crippen LogP contribution in [0.1, 0.15) is 15.6 Å². The van der Waals surface area contributed by atoms with Crippen LogP contribution in [0.15, 0.2) is 49.1 Å². The number of piperidine rings is 1. The van der Waals surface area contributed by atoms with Crippen molar-refractivity contribution >= 4 is 17.3 Å². The summed E-state index contributed by atoms with van der Waals surface area (Å²) in [6, 6.07) is 8.40. The topological polar surface area (TPSA) is 49.2 Å². The number of nitrogens with zero attached hydrogens (tertiary/aromatic N) is 5. The molecule has 30 heavy (non-hydrogen) atoms. The maximum Gasteiger partial charge on any atom is 0.0829 e. The van der Waals surface area contributed by atoms with Gasteiger partial charge in [0.2, 0.25) is 0 Å². The predicted octanol–water partition coefficient (Wildman–Crippen LogP) is 3.63. The highest BCUT2D eigenvalue weighted by Gasteiger charge is 2.41. The molecule has 0 saturated carbocycles. The van der Waals surface area contributed by atoms with Crippen LogP contribution in [0.5, 0.6) is 0 Å². The predicted molar refractivity (Wildman–Crippen MR) is 122 cm³/mol. The van der Waals surface area contributed by atoms with E-state index in [9.17, 15) is 0 Å². The van der Waals surface area contributed by atoms with Crippen LogP contribution in [0.2, 0.25) is 5.02 Å². The van der Waals surface area contributed by atoms with Crippen molar-refractivity contribution < 1.29 is 2.74 Å². The van der Waals surface area contributed by atoms with Gasteiger partial charge in [-0.05, 0) is 31.0 Å². The Labute approximate surface area is 185 Å². The summed E-state index contributed by atoms with van der Waals surface area (Å²) in [7, 11) is 3.86. The fraction of sp³-hybridized carbons (Fsp3) is 0.391. The van der Waals surface area contributed by atoms with Gasteiger partial charge < -0.3 is 10.2 Å². The number of hydrogen-bond acceptors (Lipinski definition) is 5. The van der Waals surface area contributed by atoms with Gasteiger partial charge in [-0.3, -0.25) is 14.6 Å². The van der Waals surface area contributed by atoms with Crippen LogP contribution in [0.4, 0.5) is 5.69 Å². The SMILES string of the molecule is [2H]C1NC([2H])C2(CCN(c3c(Cl)cncc3-c3ccc(-c4cnn(C)c4)cc3)CC2)N1C. The Morgan fingerprint density at radius 2 is 1.77 bits per heavy atom. The van der Waals surface area contributed by atoms with Gasteiger partial charge in [0.1, 0.15) is 0 Å². The van der Waals surface area contributed by atoms with E-state index >= 15 is 0 Å². The largest absolute Gasteiger partial charge is 0.370 e. The highest BCUT2D eigenvalue weighted by atomic mass is 35.5. The first-order valence-corrected chi connectivity index (χ1v) is 10.6. The molecule has 2 aliphatic heterocycles. The molecule has 2 saturated heterocycles. The van der Waals surface area contributed by atoms with E-state index in [1.807, 2.05) is 37.6 Å². The Morgan fingerprint density at radius 1 is 1.03 bits per heavy atom. The zero-order chi connectivity index (χ0) is 22.5. The van der Waals surface area contributed by atoms with Crippen LogP contribution < -0.4 is 10.2 Å². The van der Waals surface area contributed by atoms with Gasteiger partial charge in [-0.15, -0.1) is 0 Å². The summed E-state index contributed by atoms with van der Waals surface area (Å²) in [5.74, 6) is 0. The molecule has 2 unspecified atom stereocenters. The number of aromatic nitrogens is 3. The molecule has 7 heteroatoms. The van der Waals surface area contributed by atoms with Crippen molar-refractivity contribution in [3.8, 4) is 22.3 Å². The molecule has 0 bridgehead atoms. The molecule has 2 aliphatic rings. The lowest BCUT2D eigenvalue weighted by molar-refractivity contribution is 0.148. The highest BCUT2D eigenvalue weighted by Crippen LogP contribution is 2.40. The number of hydrogen-bond donors (Lipinski definition) is 1. The van der Waals surface area contributed by atoms with Gasteiger partial charge in [0.05, 0.1) is 18.3 Å². The number of anilines is 1. The number of nitrogens with one attached hydrogen (secondary N) is 1. The standard InChI is InChI=1S/C23H27ClN6/c1-28-16-26-15-23(28)7-9-30(10-8-23)22-20(12-25-13-21(22)24)18-5-3-17(4-6-18)19-11-27-29(2)14-19/h3-6,11-14,26H,7-10,15-16H2,1-2H3/i15D,16D. The average Bonchev–Trinajstić information content (AvgIpc) is 3.32. The molecule has 5 rings (SSSR count). The first-order valence-electron chi connectivity index (χ1n) is 11.4. The molecule has 4 heterocycles. The molecule has 2 aromatic heterocycles. The first kappa shape index (κ1) is 17.3. The normalized spacial score (nSPS) is 24.8. The fourth-order valence-corrected chi connectivity index (χ4v) is 4.80. The molecule has 2 atom stereocenters. The molecule has 0 radical (unpaired) electrons. The van der Waals surface area contributed by atoms with Gasteiger partial charge in [-0.2, -0.15) is 5.10 Å². The summed E-state index contributed by atoms with van der Waals surface area (Å²) < 4.78 is 18.4. The van der Waals surface area contributed by atoms with Crippen LogP contribution in [-0.4, -0.2) is 58.5 Å². The second kappa shape index (κ2) is 7.69. The van der Waals surface area contributed by atoms with Crippen LogP contribution >= 0.6 is 11.6 Å². The average molecular weight is 425 g/mol. The molecule has 0 aliphatic carbocycles. The Balaban J connectivity index is 1.42. The monoisotopic (exact) mass is 424 g/mol. The van der Waals surface area contributed by atoms with Crippen LogP contribution in [0, 0.1) is 0 Å². The van der Waals surface area contributed by atoms with E-state index < -0.39 is 13.2 Å². The summed E-state index contributed by atoms with van der Waals surface area (Å²) >= 11 is 6.67. The van der Waals surface area contributed by atoms with Gasteiger partial charge in [0.15, 0.2) is 0 Å². The van der Waals surface area contributed by atoms with Crippen molar-refractivity contribution in [1.29, 1.82) is 0 Å². The lowest BCUT2D eigenvalue weighted by atomic mass is 9.86. The fourth-order valence-electron chi connectivity index (χ4n) is 4.52.